The molecule has 0 aromatic heterocycles. The smallest absolute Gasteiger partial charge is 0.243 e. The van der Waals surface area contributed by atoms with Crippen molar-refractivity contribution in [2.24, 2.45) is 0 Å². The summed E-state index contributed by atoms with van der Waals surface area (Å²) in [5, 5.41) is 10.2. The summed E-state index contributed by atoms with van der Waals surface area (Å²) < 4.78 is 27.6. The van der Waals surface area contributed by atoms with Gasteiger partial charge in [0.15, 0.2) is 0 Å². The van der Waals surface area contributed by atoms with Gasteiger partial charge in [0.2, 0.25) is 10.0 Å². The minimum absolute atomic E-state index is 0.0797. The average Bonchev–Trinajstić information content (AvgIpc) is 3.34. The minimum Gasteiger partial charge on any atom is -0.508 e. The van der Waals surface area contributed by atoms with Crippen LogP contribution in [0.2, 0.25) is 0 Å². The van der Waals surface area contributed by atoms with Crippen LogP contribution in [-0.4, -0.2) is 72.4 Å². The van der Waals surface area contributed by atoms with Crippen LogP contribution < -0.4 is 0 Å². The van der Waals surface area contributed by atoms with Crippen LogP contribution in [0.25, 0.3) is 0 Å². The predicted octanol–water partition coefficient (Wildman–Crippen LogP) is 3.85. The van der Waals surface area contributed by atoms with E-state index in [1.807, 2.05) is 36.4 Å². The maximum Gasteiger partial charge on any atom is 0.243 e. The molecule has 0 bridgehead atoms. The Morgan fingerprint density at radius 3 is 2.36 bits per heavy atom. The van der Waals surface area contributed by atoms with Crippen LogP contribution in [-0.2, 0) is 10.0 Å². The Bertz CT molecular complexity index is 1060. The van der Waals surface area contributed by atoms with E-state index in [0.29, 0.717) is 24.0 Å². The van der Waals surface area contributed by atoms with Crippen LogP contribution in [0.3, 0.4) is 0 Å². The third-order valence-electron chi connectivity index (χ3n) is 6.94. The first-order chi connectivity index (χ1) is 15.8. The van der Waals surface area contributed by atoms with Crippen LogP contribution in [0.15, 0.2) is 66.1 Å². The number of aromatic hydroxyl groups is 1. The van der Waals surface area contributed by atoms with Gasteiger partial charge in [-0.15, -0.1) is 6.58 Å². The van der Waals surface area contributed by atoms with Crippen LogP contribution in [0, 0.1) is 0 Å². The van der Waals surface area contributed by atoms with E-state index in [2.05, 4.69) is 30.2 Å². The molecule has 178 valence electrons. The molecule has 2 aromatic rings. The normalized spacial score (nSPS) is 24.1. The highest BCUT2D eigenvalue weighted by molar-refractivity contribution is 7.89. The Hall–Kier alpha value is -2.19. The summed E-state index contributed by atoms with van der Waals surface area (Å²) in [6.45, 7) is 12.2. The lowest BCUT2D eigenvalue weighted by atomic mass is 9.93. The summed E-state index contributed by atoms with van der Waals surface area (Å²) in [5.41, 5.74) is 2.03. The third-order valence-corrected chi connectivity index (χ3v) is 8.86. The third kappa shape index (κ3) is 5.01. The van der Waals surface area contributed by atoms with Crippen molar-refractivity contribution in [1.29, 1.82) is 0 Å². The molecule has 0 amide bonds. The molecule has 3 atom stereocenters. The molecule has 7 heteroatoms. The molecule has 2 aromatic carbocycles. The summed E-state index contributed by atoms with van der Waals surface area (Å²) in [6, 6.07) is 15.3. The molecule has 0 spiro atoms. The van der Waals surface area contributed by atoms with E-state index in [-0.39, 0.29) is 17.8 Å². The fourth-order valence-corrected chi connectivity index (χ4v) is 6.69. The van der Waals surface area contributed by atoms with Crippen molar-refractivity contribution in [2.75, 3.05) is 32.7 Å². The highest BCUT2D eigenvalue weighted by Crippen LogP contribution is 2.35. The number of benzene rings is 2. The molecule has 33 heavy (non-hydrogen) atoms. The van der Waals surface area contributed by atoms with E-state index in [1.165, 1.54) is 0 Å². The van der Waals surface area contributed by atoms with Crippen molar-refractivity contribution in [3.05, 3.63) is 72.3 Å². The summed E-state index contributed by atoms with van der Waals surface area (Å²) in [4.78, 5) is 5.24. The Morgan fingerprint density at radius 2 is 1.73 bits per heavy atom. The molecular weight excluding hydrogens is 434 g/mol. The number of hydrogen-bond donors (Lipinski definition) is 1. The number of piperazine rings is 1. The van der Waals surface area contributed by atoms with Gasteiger partial charge in [0.05, 0.1) is 10.9 Å². The summed E-state index contributed by atoms with van der Waals surface area (Å²) in [7, 11) is -3.45. The SMILES string of the molecule is C=CCN1C[C@H](C)N([C@H](c2ccc(S(=O)(=O)N3CCCC3)cc2)c2cccc(O)c2)C[C@H]1C. The van der Waals surface area contributed by atoms with Gasteiger partial charge in [0, 0.05) is 44.8 Å². The van der Waals surface area contributed by atoms with E-state index in [4.69, 9.17) is 0 Å². The number of sulfonamides is 1. The van der Waals surface area contributed by atoms with Gasteiger partial charge in [0.25, 0.3) is 0 Å². The minimum atomic E-state index is -3.45. The van der Waals surface area contributed by atoms with Gasteiger partial charge in [-0.05, 0) is 62.1 Å². The first kappa shape index (κ1) is 24.0. The molecule has 0 aliphatic carbocycles. The van der Waals surface area contributed by atoms with Crippen molar-refractivity contribution in [2.45, 2.75) is 49.7 Å². The van der Waals surface area contributed by atoms with Gasteiger partial charge < -0.3 is 5.11 Å². The van der Waals surface area contributed by atoms with Crippen molar-refractivity contribution in [1.82, 2.24) is 14.1 Å². The van der Waals surface area contributed by atoms with Crippen molar-refractivity contribution in [3.63, 3.8) is 0 Å². The van der Waals surface area contributed by atoms with Crippen molar-refractivity contribution < 1.29 is 13.5 Å². The van der Waals surface area contributed by atoms with Gasteiger partial charge in [-0.25, -0.2) is 8.42 Å². The van der Waals surface area contributed by atoms with Crippen LogP contribution >= 0.6 is 0 Å². The molecule has 0 saturated carbocycles. The molecule has 2 aliphatic rings. The highest BCUT2D eigenvalue weighted by atomic mass is 32.2. The van der Waals surface area contributed by atoms with Gasteiger partial charge in [0.1, 0.15) is 5.75 Å². The van der Waals surface area contributed by atoms with E-state index in [1.54, 1.807) is 22.5 Å². The summed E-state index contributed by atoms with van der Waals surface area (Å²) in [5.74, 6) is 0.233. The summed E-state index contributed by atoms with van der Waals surface area (Å²) >= 11 is 0. The molecule has 2 aliphatic heterocycles. The quantitative estimate of drug-likeness (QED) is 0.624. The first-order valence-electron chi connectivity index (χ1n) is 11.8. The lowest BCUT2D eigenvalue weighted by Gasteiger charge is -2.47. The number of nitrogens with zero attached hydrogens (tertiary/aromatic N) is 3. The molecule has 4 rings (SSSR count). The van der Waals surface area contributed by atoms with Gasteiger partial charge in [-0.3, -0.25) is 9.80 Å². The second kappa shape index (κ2) is 9.97. The van der Waals surface area contributed by atoms with E-state index in [0.717, 1.165) is 43.6 Å². The standard InChI is InChI=1S/C26H35N3O3S/c1-4-14-27-18-21(3)29(19-20(27)2)26(23-8-7-9-24(30)17-23)22-10-12-25(13-11-22)33(31,32)28-15-5-6-16-28/h4,7-13,17,20-21,26,30H,1,5-6,14-16,18-19H2,2-3H3/t20-,21+,26-/m1/s1. The Labute approximate surface area is 198 Å². The molecule has 0 radical (unpaired) electrons. The van der Waals surface area contributed by atoms with Crippen LogP contribution in [0.4, 0.5) is 0 Å². The molecule has 2 heterocycles. The fourth-order valence-electron chi connectivity index (χ4n) is 5.17. The van der Waals surface area contributed by atoms with Gasteiger partial charge in [-0.1, -0.05) is 30.3 Å². The lowest BCUT2D eigenvalue weighted by Crippen LogP contribution is -2.57. The Balaban J connectivity index is 1.68. The average molecular weight is 470 g/mol. The van der Waals surface area contributed by atoms with E-state index >= 15 is 0 Å². The largest absolute Gasteiger partial charge is 0.508 e. The molecule has 1 N–H and O–H groups in total. The zero-order valence-electron chi connectivity index (χ0n) is 19.6. The fraction of sp³-hybridized carbons (Fsp3) is 0.462. The maximum absolute atomic E-state index is 13.0. The van der Waals surface area contributed by atoms with E-state index < -0.39 is 10.0 Å². The molecular formula is C26H35N3O3S. The van der Waals surface area contributed by atoms with E-state index in [9.17, 15) is 13.5 Å². The van der Waals surface area contributed by atoms with Gasteiger partial charge >= 0.3 is 0 Å². The zero-order valence-corrected chi connectivity index (χ0v) is 20.4. The van der Waals surface area contributed by atoms with Gasteiger partial charge in [-0.2, -0.15) is 4.31 Å². The number of phenols is 1. The number of rotatable bonds is 7. The Morgan fingerprint density at radius 1 is 1.03 bits per heavy atom. The molecule has 2 saturated heterocycles. The monoisotopic (exact) mass is 469 g/mol. The second-order valence-electron chi connectivity index (χ2n) is 9.32. The van der Waals surface area contributed by atoms with Crippen molar-refractivity contribution >= 4 is 10.0 Å². The molecule has 2 fully saturated rings. The molecule has 6 nitrogen and oxygen atoms in total. The zero-order chi connectivity index (χ0) is 23.6. The van der Waals surface area contributed by atoms with Crippen LogP contribution in [0.5, 0.6) is 5.75 Å². The number of hydrogen-bond acceptors (Lipinski definition) is 5. The lowest BCUT2D eigenvalue weighted by molar-refractivity contribution is 0.0306. The predicted molar refractivity (Wildman–Crippen MR) is 132 cm³/mol. The van der Waals surface area contributed by atoms with Crippen LogP contribution in [0.1, 0.15) is 43.9 Å². The number of phenolic OH excluding ortho intramolecular Hbond substituents is 1. The van der Waals surface area contributed by atoms with Crippen molar-refractivity contribution in [3.8, 4) is 5.75 Å². The maximum atomic E-state index is 13.0. The molecule has 0 unspecified atom stereocenters. The topological polar surface area (TPSA) is 64.1 Å². The Kier molecular flexibility index (Phi) is 7.24. The second-order valence-corrected chi connectivity index (χ2v) is 11.3. The highest BCUT2D eigenvalue weighted by Gasteiger charge is 2.35. The summed E-state index contributed by atoms with van der Waals surface area (Å²) in [6.07, 6.45) is 3.79. The first-order valence-corrected chi connectivity index (χ1v) is 13.2.